The first-order chi connectivity index (χ1) is 10.7. The number of hydrogen-bond donors (Lipinski definition) is 1. The molecule has 0 saturated heterocycles. The summed E-state index contributed by atoms with van der Waals surface area (Å²) in [5, 5.41) is 1.65. The van der Waals surface area contributed by atoms with Crippen molar-refractivity contribution < 1.29 is 4.79 Å². The first-order valence-corrected chi connectivity index (χ1v) is 8.00. The summed E-state index contributed by atoms with van der Waals surface area (Å²) in [6.45, 7) is 2.02. The third-order valence-corrected chi connectivity index (χ3v) is 4.38. The van der Waals surface area contributed by atoms with Gasteiger partial charge in [0.15, 0.2) is 5.16 Å². The summed E-state index contributed by atoms with van der Waals surface area (Å²) in [7, 11) is 0. The average molecular weight is 333 g/mol. The van der Waals surface area contributed by atoms with Crippen LogP contribution in [0, 0.1) is 0 Å². The van der Waals surface area contributed by atoms with E-state index in [1.807, 2.05) is 19.1 Å². The zero-order valence-electron chi connectivity index (χ0n) is 11.8. The summed E-state index contributed by atoms with van der Waals surface area (Å²) in [6, 6.07) is 3.79. The molecule has 0 radical (unpaired) electrons. The molecular formula is C15H13ClN4OS. The molecule has 3 heterocycles. The van der Waals surface area contributed by atoms with Crippen LogP contribution in [0.2, 0.25) is 5.15 Å². The van der Waals surface area contributed by atoms with Crippen LogP contribution in [0.15, 0.2) is 34.6 Å². The van der Waals surface area contributed by atoms with E-state index in [2.05, 4.69) is 19.9 Å². The number of rotatable bonds is 5. The summed E-state index contributed by atoms with van der Waals surface area (Å²) in [6.07, 6.45) is 5.42. The minimum atomic E-state index is 0.307. The fraction of sp³-hybridized carbons (Fsp3) is 0.200. The van der Waals surface area contributed by atoms with Gasteiger partial charge in [-0.3, -0.25) is 4.98 Å². The number of nitrogens with zero attached hydrogens (tertiary/aromatic N) is 3. The summed E-state index contributed by atoms with van der Waals surface area (Å²) < 4.78 is 0. The van der Waals surface area contributed by atoms with E-state index in [0.717, 1.165) is 34.2 Å². The lowest BCUT2D eigenvalue weighted by Crippen LogP contribution is -1.92. The number of H-pyrrole nitrogens is 1. The number of aryl methyl sites for hydroxylation is 1. The molecule has 0 fully saturated rings. The van der Waals surface area contributed by atoms with Crippen molar-refractivity contribution in [1.82, 2.24) is 19.9 Å². The van der Waals surface area contributed by atoms with Crippen molar-refractivity contribution in [2.75, 3.05) is 0 Å². The van der Waals surface area contributed by atoms with Gasteiger partial charge in [-0.05, 0) is 35.9 Å². The summed E-state index contributed by atoms with van der Waals surface area (Å²) in [4.78, 5) is 28.0. The number of halogens is 1. The van der Waals surface area contributed by atoms with Crippen molar-refractivity contribution in [3.8, 4) is 0 Å². The Morgan fingerprint density at radius 2 is 2.27 bits per heavy atom. The molecule has 5 nitrogen and oxygen atoms in total. The Bertz CT molecular complexity index is 819. The van der Waals surface area contributed by atoms with Crippen molar-refractivity contribution in [2.45, 2.75) is 29.8 Å². The number of carbonyl (C=O) groups is 1. The highest BCUT2D eigenvalue weighted by molar-refractivity contribution is 7.99. The zero-order valence-corrected chi connectivity index (χ0v) is 13.4. The Balaban J connectivity index is 2.07. The lowest BCUT2D eigenvalue weighted by Gasteiger charge is -2.02. The predicted octanol–water partition coefficient (Wildman–Crippen LogP) is 3.46. The largest absolute Gasteiger partial charge is 0.343 e. The van der Waals surface area contributed by atoms with Gasteiger partial charge in [0.25, 0.3) is 0 Å². The molecule has 3 aromatic heterocycles. The number of carbonyl (C=O) groups excluding carboxylic acids is 1. The second kappa shape index (κ2) is 6.46. The number of aromatic amines is 1. The van der Waals surface area contributed by atoms with Crippen LogP contribution in [0.5, 0.6) is 0 Å². The second-order valence-electron chi connectivity index (χ2n) is 4.62. The summed E-state index contributed by atoms with van der Waals surface area (Å²) >= 11 is 7.72. The maximum absolute atomic E-state index is 10.9. The van der Waals surface area contributed by atoms with Gasteiger partial charge in [0, 0.05) is 29.4 Å². The van der Waals surface area contributed by atoms with Crippen molar-refractivity contribution in [1.29, 1.82) is 0 Å². The molecule has 0 atom stereocenters. The Morgan fingerprint density at radius 3 is 2.95 bits per heavy atom. The second-order valence-corrected chi connectivity index (χ2v) is 6.02. The normalized spacial score (nSPS) is 11.0. The van der Waals surface area contributed by atoms with Gasteiger partial charge in [0.05, 0.1) is 5.39 Å². The summed E-state index contributed by atoms with van der Waals surface area (Å²) in [5.41, 5.74) is 2.53. The van der Waals surface area contributed by atoms with Gasteiger partial charge in [-0.2, -0.15) is 0 Å². The Hall–Kier alpha value is -1.92. The molecule has 3 rings (SSSR count). The molecule has 0 amide bonds. The van der Waals surface area contributed by atoms with Crippen LogP contribution in [0.1, 0.15) is 18.2 Å². The average Bonchev–Trinajstić information content (AvgIpc) is 2.87. The highest BCUT2D eigenvalue weighted by Gasteiger charge is 2.16. The predicted molar refractivity (Wildman–Crippen MR) is 86.4 cm³/mol. The van der Waals surface area contributed by atoms with Crippen molar-refractivity contribution in [3.05, 3.63) is 40.9 Å². The quantitative estimate of drug-likeness (QED) is 0.440. The van der Waals surface area contributed by atoms with Crippen LogP contribution in [0.4, 0.5) is 0 Å². The van der Waals surface area contributed by atoms with Gasteiger partial charge in [0.2, 0.25) is 0 Å². The highest BCUT2D eigenvalue weighted by atomic mass is 35.5. The number of nitrogens with one attached hydrogen (secondary N) is 1. The maximum Gasteiger partial charge on any atom is 0.195 e. The minimum Gasteiger partial charge on any atom is -0.343 e. The van der Waals surface area contributed by atoms with Gasteiger partial charge in [-0.1, -0.05) is 18.5 Å². The fourth-order valence-electron chi connectivity index (χ4n) is 2.31. The Morgan fingerprint density at radius 1 is 1.41 bits per heavy atom. The molecule has 0 aliphatic carbocycles. The summed E-state index contributed by atoms with van der Waals surface area (Å²) in [5.74, 6) is 0. The number of aromatic nitrogens is 4. The van der Waals surface area contributed by atoms with E-state index in [9.17, 15) is 4.79 Å². The maximum atomic E-state index is 10.9. The van der Waals surface area contributed by atoms with E-state index in [0.29, 0.717) is 22.4 Å². The number of hydrogen-bond acceptors (Lipinski definition) is 5. The molecule has 0 spiro atoms. The number of fused-ring (bicyclic) bond motifs is 1. The van der Waals surface area contributed by atoms with E-state index in [1.165, 1.54) is 11.8 Å². The molecule has 112 valence electrons. The van der Waals surface area contributed by atoms with Crippen LogP contribution < -0.4 is 0 Å². The molecule has 0 aliphatic rings. The van der Waals surface area contributed by atoms with Gasteiger partial charge < -0.3 is 9.78 Å². The smallest absolute Gasteiger partial charge is 0.195 e. The van der Waals surface area contributed by atoms with Crippen LogP contribution >= 0.6 is 23.4 Å². The molecule has 0 aromatic carbocycles. The van der Waals surface area contributed by atoms with Gasteiger partial charge in [0.1, 0.15) is 17.1 Å². The fourth-order valence-corrected chi connectivity index (χ4v) is 3.39. The molecule has 7 heteroatoms. The van der Waals surface area contributed by atoms with Crippen molar-refractivity contribution in [2.24, 2.45) is 0 Å². The van der Waals surface area contributed by atoms with Crippen LogP contribution in [-0.4, -0.2) is 26.2 Å². The van der Waals surface area contributed by atoms with Crippen molar-refractivity contribution >= 4 is 40.7 Å². The Kier molecular flexibility index (Phi) is 4.40. The van der Waals surface area contributed by atoms with Gasteiger partial charge >= 0.3 is 0 Å². The first kappa shape index (κ1) is 15.0. The van der Waals surface area contributed by atoms with Gasteiger partial charge in [-0.25, -0.2) is 9.97 Å². The number of aldehydes is 1. The topological polar surface area (TPSA) is 71.5 Å². The van der Waals surface area contributed by atoms with E-state index in [4.69, 9.17) is 11.6 Å². The SMILES string of the molecule is CCc1[nH]c2nc(Sc3cccnc3)nc(Cl)c2c1CC=O. The number of pyridine rings is 1. The molecular weight excluding hydrogens is 320 g/mol. The van der Waals surface area contributed by atoms with Gasteiger partial charge in [-0.15, -0.1) is 0 Å². The zero-order chi connectivity index (χ0) is 15.5. The monoisotopic (exact) mass is 332 g/mol. The molecule has 0 unspecified atom stereocenters. The molecule has 1 N–H and O–H groups in total. The van der Waals surface area contributed by atoms with E-state index in [1.54, 1.807) is 12.4 Å². The molecule has 3 aromatic rings. The third kappa shape index (κ3) is 2.84. The van der Waals surface area contributed by atoms with Crippen LogP contribution in [-0.2, 0) is 17.6 Å². The third-order valence-electron chi connectivity index (χ3n) is 3.26. The Labute approximate surface area is 136 Å². The molecule has 0 bridgehead atoms. The van der Waals surface area contributed by atoms with Crippen LogP contribution in [0.25, 0.3) is 11.0 Å². The first-order valence-electron chi connectivity index (χ1n) is 6.81. The standard InChI is InChI=1S/C15H13ClN4OS/c1-2-11-10(5-7-21)12-13(16)19-15(20-14(12)18-11)22-9-4-3-6-17-8-9/h3-4,6-8H,2,5H2,1H3,(H,18,19,20). The highest BCUT2D eigenvalue weighted by Crippen LogP contribution is 2.31. The van der Waals surface area contributed by atoms with E-state index in [-0.39, 0.29) is 0 Å². The van der Waals surface area contributed by atoms with E-state index >= 15 is 0 Å². The molecule has 22 heavy (non-hydrogen) atoms. The lowest BCUT2D eigenvalue weighted by molar-refractivity contribution is -0.107. The van der Waals surface area contributed by atoms with E-state index < -0.39 is 0 Å². The van der Waals surface area contributed by atoms with Crippen molar-refractivity contribution in [3.63, 3.8) is 0 Å². The molecule has 0 aliphatic heterocycles. The molecule has 0 saturated carbocycles. The lowest BCUT2D eigenvalue weighted by atomic mass is 10.1. The minimum absolute atomic E-state index is 0.307. The van der Waals surface area contributed by atoms with Crippen LogP contribution in [0.3, 0.4) is 0 Å².